The molecule has 1 aromatic carbocycles. The van der Waals surface area contributed by atoms with Crippen LogP contribution in [0.1, 0.15) is 16.8 Å². The maximum Gasteiger partial charge on any atom is 0.251 e. The first-order valence-corrected chi connectivity index (χ1v) is 5.99. The number of methoxy groups -OCH3 is 1. The topological polar surface area (TPSA) is 88.0 Å². The lowest BCUT2D eigenvalue weighted by atomic mass is 10.0. The van der Waals surface area contributed by atoms with Crippen LogP contribution in [0.25, 0.3) is 0 Å². The van der Waals surface area contributed by atoms with Gasteiger partial charge in [-0.1, -0.05) is 0 Å². The number of hydrogen-bond acceptors (Lipinski definition) is 5. The molecule has 2 rings (SSSR count). The highest BCUT2D eigenvalue weighted by atomic mass is 16.5. The molecule has 1 atom stereocenters. The first-order chi connectivity index (χ1) is 9.04. The zero-order chi connectivity index (χ0) is 13.9. The van der Waals surface area contributed by atoms with Gasteiger partial charge in [-0.25, -0.2) is 0 Å². The third-order valence-electron chi connectivity index (χ3n) is 3.24. The zero-order valence-electron chi connectivity index (χ0n) is 10.7. The highest BCUT2D eigenvalue weighted by molar-refractivity contribution is 5.95. The molecule has 3 N–H and O–H groups in total. The summed E-state index contributed by atoms with van der Waals surface area (Å²) in [5.41, 5.74) is -0.295. The maximum absolute atomic E-state index is 11.9. The Labute approximate surface area is 111 Å². The molecule has 1 fully saturated rings. The molecule has 0 spiro atoms. The van der Waals surface area contributed by atoms with Crippen LogP contribution in [0, 0.1) is 0 Å². The summed E-state index contributed by atoms with van der Waals surface area (Å²) in [5.74, 6) is -0.693. The van der Waals surface area contributed by atoms with Crippen LogP contribution in [-0.4, -0.2) is 48.6 Å². The normalized spacial score (nSPS) is 22.4. The molecule has 0 radical (unpaired) electrons. The van der Waals surface area contributed by atoms with E-state index in [4.69, 9.17) is 9.47 Å². The number of phenols is 2. The summed E-state index contributed by atoms with van der Waals surface area (Å²) in [5, 5.41) is 21.4. The van der Waals surface area contributed by atoms with Crippen LogP contribution in [0.3, 0.4) is 0 Å². The molecule has 1 heterocycles. The molecule has 1 aliphatic rings. The standard InChI is InChI=1S/C13H17NO5/c1-18-13(2-3-19-8-13)7-14-12(17)9-4-10(15)6-11(16)5-9/h4-6,15-16H,2-3,7-8H2,1H3,(H,14,17). The molecule has 104 valence electrons. The number of ether oxygens (including phenoxy) is 2. The Bertz CT molecular complexity index is 448. The lowest BCUT2D eigenvalue weighted by molar-refractivity contribution is -0.0148. The van der Waals surface area contributed by atoms with E-state index in [0.717, 1.165) is 12.5 Å². The van der Waals surface area contributed by atoms with E-state index >= 15 is 0 Å². The minimum absolute atomic E-state index is 0.157. The summed E-state index contributed by atoms with van der Waals surface area (Å²) >= 11 is 0. The Morgan fingerprint density at radius 2 is 2.11 bits per heavy atom. The number of phenolic OH excluding ortho intramolecular Hbond substituents is 2. The molecule has 0 aromatic heterocycles. The van der Waals surface area contributed by atoms with E-state index in [2.05, 4.69) is 5.32 Å². The van der Waals surface area contributed by atoms with E-state index in [1.165, 1.54) is 12.1 Å². The SMILES string of the molecule is COC1(CNC(=O)c2cc(O)cc(O)c2)CCOC1. The summed E-state index contributed by atoms with van der Waals surface area (Å²) in [6.07, 6.45) is 0.717. The Balaban J connectivity index is 2.01. The van der Waals surface area contributed by atoms with Crippen molar-refractivity contribution in [1.82, 2.24) is 5.32 Å². The van der Waals surface area contributed by atoms with Crippen LogP contribution in [-0.2, 0) is 9.47 Å². The maximum atomic E-state index is 11.9. The lowest BCUT2D eigenvalue weighted by Gasteiger charge is -2.25. The van der Waals surface area contributed by atoms with Gasteiger partial charge in [-0.15, -0.1) is 0 Å². The number of hydrogen-bond donors (Lipinski definition) is 3. The van der Waals surface area contributed by atoms with Crippen LogP contribution in [0.2, 0.25) is 0 Å². The van der Waals surface area contributed by atoms with Crippen LogP contribution in [0.5, 0.6) is 11.5 Å². The second-order valence-corrected chi connectivity index (χ2v) is 4.61. The number of rotatable bonds is 4. The Morgan fingerprint density at radius 1 is 1.42 bits per heavy atom. The van der Waals surface area contributed by atoms with Crippen LogP contribution in [0.15, 0.2) is 18.2 Å². The van der Waals surface area contributed by atoms with Gasteiger partial charge in [-0.2, -0.15) is 0 Å². The van der Waals surface area contributed by atoms with E-state index < -0.39 is 5.60 Å². The summed E-state index contributed by atoms with van der Waals surface area (Å²) in [6, 6.07) is 3.75. The number of aromatic hydroxyl groups is 2. The number of carbonyl (C=O) groups excluding carboxylic acids is 1. The van der Waals surface area contributed by atoms with E-state index in [1.807, 2.05) is 0 Å². The van der Waals surface area contributed by atoms with Crippen molar-refractivity contribution in [2.75, 3.05) is 26.9 Å². The van der Waals surface area contributed by atoms with Crippen molar-refractivity contribution in [3.8, 4) is 11.5 Å². The number of nitrogens with one attached hydrogen (secondary N) is 1. The van der Waals surface area contributed by atoms with Crippen LogP contribution in [0.4, 0.5) is 0 Å². The Hall–Kier alpha value is -1.79. The van der Waals surface area contributed by atoms with Gasteiger partial charge in [0.25, 0.3) is 5.91 Å². The van der Waals surface area contributed by atoms with Crippen molar-refractivity contribution >= 4 is 5.91 Å². The van der Waals surface area contributed by atoms with Crippen molar-refractivity contribution in [2.24, 2.45) is 0 Å². The van der Waals surface area contributed by atoms with Gasteiger partial charge in [-0.3, -0.25) is 4.79 Å². The molecule has 0 bridgehead atoms. The minimum atomic E-state index is -0.492. The summed E-state index contributed by atoms with van der Waals surface area (Å²) < 4.78 is 10.7. The molecule has 0 saturated carbocycles. The molecule has 1 aromatic rings. The van der Waals surface area contributed by atoms with E-state index in [1.54, 1.807) is 7.11 Å². The molecular formula is C13H17NO5. The zero-order valence-corrected chi connectivity index (χ0v) is 10.7. The quantitative estimate of drug-likeness (QED) is 0.745. The molecule has 1 amide bonds. The van der Waals surface area contributed by atoms with E-state index in [0.29, 0.717) is 19.8 Å². The number of benzene rings is 1. The fraction of sp³-hybridized carbons (Fsp3) is 0.462. The molecule has 19 heavy (non-hydrogen) atoms. The second-order valence-electron chi connectivity index (χ2n) is 4.61. The molecule has 1 saturated heterocycles. The predicted octanol–water partition coefficient (Wildman–Crippen LogP) is 0.633. The van der Waals surface area contributed by atoms with Crippen molar-refractivity contribution in [2.45, 2.75) is 12.0 Å². The Kier molecular flexibility index (Phi) is 3.92. The number of carbonyl (C=O) groups is 1. The van der Waals surface area contributed by atoms with Gasteiger partial charge in [0.1, 0.15) is 17.1 Å². The summed E-state index contributed by atoms with van der Waals surface area (Å²) in [7, 11) is 1.58. The number of amides is 1. The summed E-state index contributed by atoms with van der Waals surface area (Å²) in [6.45, 7) is 1.37. The molecule has 1 unspecified atom stereocenters. The highest BCUT2D eigenvalue weighted by Gasteiger charge is 2.35. The van der Waals surface area contributed by atoms with Gasteiger partial charge in [0, 0.05) is 38.3 Å². The molecule has 6 heteroatoms. The van der Waals surface area contributed by atoms with Crippen molar-refractivity contribution in [1.29, 1.82) is 0 Å². The van der Waals surface area contributed by atoms with Crippen LogP contribution < -0.4 is 5.32 Å². The predicted molar refractivity (Wildman–Crippen MR) is 67.3 cm³/mol. The minimum Gasteiger partial charge on any atom is -0.508 e. The largest absolute Gasteiger partial charge is 0.508 e. The van der Waals surface area contributed by atoms with Gasteiger partial charge in [0.2, 0.25) is 0 Å². The molecule has 0 aliphatic carbocycles. The molecule has 1 aliphatic heterocycles. The molecular weight excluding hydrogens is 250 g/mol. The first-order valence-electron chi connectivity index (χ1n) is 5.99. The van der Waals surface area contributed by atoms with Gasteiger partial charge >= 0.3 is 0 Å². The van der Waals surface area contributed by atoms with E-state index in [9.17, 15) is 15.0 Å². The monoisotopic (exact) mass is 267 g/mol. The van der Waals surface area contributed by atoms with Crippen LogP contribution >= 0.6 is 0 Å². The van der Waals surface area contributed by atoms with Gasteiger partial charge in [-0.05, 0) is 12.1 Å². The van der Waals surface area contributed by atoms with Crippen molar-refractivity contribution in [3.63, 3.8) is 0 Å². The average molecular weight is 267 g/mol. The average Bonchev–Trinajstić information content (AvgIpc) is 2.84. The fourth-order valence-corrected chi connectivity index (χ4v) is 2.03. The van der Waals surface area contributed by atoms with Crippen molar-refractivity contribution < 1.29 is 24.5 Å². The fourth-order valence-electron chi connectivity index (χ4n) is 2.03. The van der Waals surface area contributed by atoms with Gasteiger partial charge in [0.15, 0.2) is 0 Å². The van der Waals surface area contributed by atoms with Gasteiger partial charge < -0.3 is 25.0 Å². The Morgan fingerprint density at radius 3 is 2.63 bits per heavy atom. The highest BCUT2D eigenvalue weighted by Crippen LogP contribution is 2.23. The molecule has 6 nitrogen and oxygen atoms in total. The second kappa shape index (κ2) is 5.46. The van der Waals surface area contributed by atoms with E-state index in [-0.39, 0.29) is 23.0 Å². The van der Waals surface area contributed by atoms with Gasteiger partial charge in [0.05, 0.1) is 6.61 Å². The third-order valence-corrected chi connectivity index (χ3v) is 3.24. The van der Waals surface area contributed by atoms with Crippen molar-refractivity contribution in [3.05, 3.63) is 23.8 Å². The first kappa shape index (κ1) is 13.6. The smallest absolute Gasteiger partial charge is 0.251 e. The third kappa shape index (κ3) is 3.15. The lowest BCUT2D eigenvalue weighted by Crippen LogP contribution is -2.45. The summed E-state index contributed by atoms with van der Waals surface area (Å²) in [4.78, 5) is 11.9.